The van der Waals surface area contributed by atoms with Crippen LogP contribution >= 0.6 is 0 Å². The van der Waals surface area contributed by atoms with Crippen molar-refractivity contribution >= 4 is 22.6 Å². The highest BCUT2D eigenvalue weighted by atomic mass is 16.5. The molecule has 0 radical (unpaired) electrons. The van der Waals surface area contributed by atoms with Gasteiger partial charge in [0.15, 0.2) is 6.10 Å². The number of nitrogens with two attached hydrogens (primary N) is 1. The number of fused-ring (bicyclic) bond motifs is 1. The van der Waals surface area contributed by atoms with Gasteiger partial charge in [0.25, 0.3) is 5.91 Å². The van der Waals surface area contributed by atoms with Crippen molar-refractivity contribution in [3.8, 4) is 5.75 Å². The van der Waals surface area contributed by atoms with Crippen LogP contribution in [0.3, 0.4) is 0 Å². The van der Waals surface area contributed by atoms with E-state index in [0.29, 0.717) is 38.1 Å². The Bertz CT molecular complexity index is 766. The molecule has 1 heterocycles. The SMILES string of the molecule is CCC(Oc1ccc2ccccc2c1)C(=O)N1CCC(C(N)=O)CC1. The number of rotatable bonds is 5. The lowest BCUT2D eigenvalue weighted by Gasteiger charge is -2.33. The van der Waals surface area contributed by atoms with E-state index >= 15 is 0 Å². The largest absolute Gasteiger partial charge is 0.481 e. The number of benzene rings is 2. The first kappa shape index (κ1) is 17.3. The van der Waals surface area contributed by atoms with Crippen molar-refractivity contribution in [2.75, 3.05) is 13.1 Å². The van der Waals surface area contributed by atoms with Gasteiger partial charge in [0, 0.05) is 19.0 Å². The molecule has 5 heteroatoms. The van der Waals surface area contributed by atoms with E-state index in [0.717, 1.165) is 10.8 Å². The lowest BCUT2D eigenvalue weighted by Crippen LogP contribution is -2.47. The zero-order valence-corrected chi connectivity index (χ0v) is 14.5. The number of primary amides is 1. The molecular weight excluding hydrogens is 316 g/mol. The summed E-state index contributed by atoms with van der Waals surface area (Å²) in [6.45, 7) is 3.06. The van der Waals surface area contributed by atoms with Crippen LogP contribution in [-0.4, -0.2) is 35.9 Å². The Morgan fingerprint density at radius 2 is 1.84 bits per heavy atom. The average Bonchev–Trinajstić information content (AvgIpc) is 2.65. The molecule has 2 aromatic carbocycles. The van der Waals surface area contributed by atoms with E-state index < -0.39 is 6.10 Å². The third kappa shape index (κ3) is 3.92. The first-order valence-corrected chi connectivity index (χ1v) is 8.82. The van der Waals surface area contributed by atoms with E-state index in [1.807, 2.05) is 49.4 Å². The van der Waals surface area contributed by atoms with E-state index in [9.17, 15) is 9.59 Å². The standard InChI is InChI=1S/C20H24N2O3/c1-2-18(20(24)22-11-9-15(10-12-22)19(21)23)25-17-8-7-14-5-3-4-6-16(14)13-17/h3-8,13,15,18H,2,9-12H2,1H3,(H2,21,23). The van der Waals surface area contributed by atoms with Crippen molar-refractivity contribution in [3.63, 3.8) is 0 Å². The summed E-state index contributed by atoms with van der Waals surface area (Å²) in [5.74, 6) is 0.293. The van der Waals surface area contributed by atoms with Gasteiger partial charge in [-0.15, -0.1) is 0 Å². The van der Waals surface area contributed by atoms with Crippen LogP contribution < -0.4 is 10.5 Å². The molecule has 1 unspecified atom stereocenters. The summed E-state index contributed by atoms with van der Waals surface area (Å²) in [5.41, 5.74) is 5.36. The monoisotopic (exact) mass is 340 g/mol. The van der Waals surface area contributed by atoms with Crippen LogP contribution in [0, 0.1) is 5.92 Å². The van der Waals surface area contributed by atoms with Crippen molar-refractivity contribution in [3.05, 3.63) is 42.5 Å². The van der Waals surface area contributed by atoms with Crippen molar-refractivity contribution in [1.82, 2.24) is 4.90 Å². The number of amides is 2. The van der Waals surface area contributed by atoms with Gasteiger partial charge in [-0.25, -0.2) is 0 Å². The van der Waals surface area contributed by atoms with E-state index in [-0.39, 0.29) is 17.7 Å². The first-order valence-electron chi connectivity index (χ1n) is 8.82. The van der Waals surface area contributed by atoms with E-state index in [1.165, 1.54) is 0 Å². The minimum Gasteiger partial charge on any atom is -0.481 e. The molecule has 0 spiro atoms. The second kappa shape index (κ2) is 7.55. The van der Waals surface area contributed by atoms with Gasteiger partial charge in [0.2, 0.25) is 5.91 Å². The third-order valence-electron chi connectivity index (χ3n) is 4.85. The molecule has 0 saturated carbocycles. The predicted octanol–water partition coefficient (Wildman–Crippen LogP) is 2.72. The molecule has 3 rings (SSSR count). The molecule has 2 amide bonds. The molecule has 25 heavy (non-hydrogen) atoms. The van der Waals surface area contributed by atoms with E-state index in [4.69, 9.17) is 10.5 Å². The zero-order valence-electron chi connectivity index (χ0n) is 14.5. The number of nitrogens with zero attached hydrogens (tertiary/aromatic N) is 1. The molecule has 1 saturated heterocycles. The van der Waals surface area contributed by atoms with Gasteiger partial charge in [-0.3, -0.25) is 9.59 Å². The van der Waals surface area contributed by atoms with Crippen LogP contribution in [0.4, 0.5) is 0 Å². The summed E-state index contributed by atoms with van der Waals surface area (Å²) < 4.78 is 5.98. The quantitative estimate of drug-likeness (QED) is 0.909. The molecule has 1 aliphatic heterocycles. The lowest BCUT2D eigenvalue weighted by molar-refractivity contribution is -0.141. The molecule has 1 aliphatic rings. The molecule has 2 aromatic rings. The maximum atomic E-state index is 12.8. The zero-order chi connectivity index (χ0) is 17.8. The molecule has 0 aromatic heterocycles. The van der Waals surface area contributed by atoms with Crippen LogP contribution in [0.1, 0.15) is 26.2 Å². The molecule has 5 nitrogen and oxygen atoms in total. The molecule has 0 aliphatic carbocycles. The number of ether oxygens (including phenoxy) is 1. The average molecular weight is 340 g/mol. The second-order valence-corrected chi connectivity index (χ2v) is 6.53. The normalized spacial score (nSPS) is 16.6. The highest BCUT2D eigenvalue weighted by Crippen LogP contribution is 2.23. The van der Waals surface area contributed by atoms with Crippen molar-refractivity contribution in [2.24, 2.45) is 11.7 Å². The second-order valence-electron chi connectivity index (χ2n) is 6.53. The summed E-state index contributed by atoms with van der Waals surface area (Å²) in [4.78, 5) is 25.8. The summed E-state index contributed by atoms with van der Waals surface area (Å²) >= 11 is 0. The number of likely N-dealkylation sites (tertiary alicyclic amines) is 1. The maximum Gasteiger partial charge on any atom is 0.263 e. The minimum atomic E-state index is -0.508. The Kier molecular flexibility index (Phi) is 5.22. The van der Waals surface area contributed by atoms with Crippen LogP contribution in [0.5, 0.6) is 5.75 Å². The maximum absolute atomic E-state index is 12.8. The van der Waals surface area contributed by atoms with Gasteiger partial charge in [0.05, 0.1) is 0 Å². The van der Waals surface area contributed by atoms with E-state index in [2.05, 4.69) is 0 Å². The lowest BCUT2D eigenvalue weighted by atomic mass is 9.96. The fourth-order valence-corrected chi connectivity index (χ4v) is 3.30. The van der Waals surface area contributed by atoms with Crippen LogP contribution in [0.15, 0.2) is 42.5 Å². The Hall–Kier alpha value is -2.56. The minimum absolute atomic E-state index is 0.0152. The Balaban J connectivity index is 1.67. The molecule has 0 bridgehead atoms. The van der Waals surface area contributed by atoms with Gasteiger partial charge in [-0.2, -0.15) is 0 Å². The topological polar surface area (TPSA) is 72.6 Å². The van der Waals surface area contributed by atoms with Crippen molar-refractivity contribution < 1.29 is 14.3 Å². The summed E-state index contributed by atoms with van der Waals surface area (Å²) in [6, 6.07) is 13.9. The Morgan fingerprint density at radius 1 is 1.16 bits per heavy atom. The van der Waals surface area contributed by atoms with Crippen LogP contribution in [0.2, 0.25) is 0 Å². The molecular formula is C20H24N2O3. The fourth-order valence-electron chi connectivity index (χ4n) is 3.30. The number of hydrogen-bond donors (Lipinski definition) is 1. The van der Waals surface area contributed by atoms with Crippen molar-refractivity contribution in [2.45, 2.75) is 32.3 Å². The number of carbonyl (C=O) groups is 2. The Morgan fingerprint density at radius 3 is 2.48 bits per heavy atom. The first-order chi connectivity index (χ1) is 12.1. The van der Waals surface area contributed by atoms with Crippen LogP contribution in [0.25, 0.3) is 10.8 Å². The van der Waals surface area contributed by atoms with Gasteiger partial charge >= 0.3 is 0 Å². The highest BCUT2D eigenvalue weighted by Gasteiger charge is 2.30. The fraction of sp³-hybridized carbons (Fsp3) is 0.400. The third-order valence-corrected chi connectivity index (χ3v) is 4.85. The number of carbonyl (C=O) groups excluding carboxylic acids is 2. The Labute approximate surface area is 147 Å². The number of piperidine rings is 1. The van der Waals surface area contributed by atoms with Gasteiger partial charge in [-0.05, 0) is 42.2 Å². The van der Waals surface area contributed by atoms with Gasteiger partial charge < -0.3 is 15.4 Å². The summed E-state index contributed by atoms with van der Waals surface area (Å²) in [6.07, 6.45) is 1.36. The van der Waals surface area contributed by atoms with Gasteiger partial charge in [-0.1, -0.05) is 37.3 Å². The molecule has 1 fully saturated rings. The highest BCUT2D eigenvalue weighted by molar-refractivity contribution is 5.85. The predicted molar refractivity (Wildman–Crippen MR) is 97.2 cm³/mol. The summed E-state index contributed by atoms with van der Waals surface area (Å²) in [7, 11) is 0. The summed E-state index contributed by atoms with van der Waals surface area (Å²) in [5, 5.41) is 2.23. The number of hydrogen-bond acceptors (Lipinski definition) is 3. The molecule has 132 valence electrons. The van der Waals surface area contributed by atoms with Crippen molar-refractivity contribution in [1.29, 1.82) is 0 Å². The van der Waals surface area contributed by atoms with E-state index in [1.54, 1.807) is 4.90 Å². The smallest absolute Gasteiger partial charge is 0.263 e. The molecule has 1 atom stereocenters. The van der Waals surface area contributed by atoms with Gasteiger partial charge in [0.1, 0.15) is 5.75 Å². The molecule has 2 N–H and O–H groups in total. The van der Waals surface area contributed by atoms with Crippen LogP contribution in [-0.2, 0) is 9.59 Å².